The van der Waals surface area contributed by atoms with Gasteiger partial charge in [0.2, 0.25) is 5.88 Å². The van der Waals surface area contributed by atoms with Crippen LogP contribution in [0.4, 0.5) is 23.2 Å². The van der Waals surface area contributed by atoms with Crippen LogP contribution in [0, 0.1) is 5.82 Å². The summed E-state index contributed by atoms with van der Waals surface area (Å²) in [5.74, 6) is -1.12. The van der Waals surface area contributed by atoms with Gasteiger partial charge >= 0.3 is 6.18 Å². The molecule has 1 N–H and O–H groups in total. The molecule has 0 fully saturated rings. The highest BCUT2D eigenvalue weighted by molar-refractivity contribution is 6.33. The van der Waals surface area contributed by atoms with Gasteiger partial charge in [-0.15, -0.1) is 0 Å². The topological polar surface area (TPSA) is 79.7 Å². The van der Waals surface area contributed by atoms with Crippen LogP contribution >= 0.6 is 11.6 Å². The molecule has 37 heavy (non-hydrogen) atoms. The van der Waals surface area contributed by atoms with Gasteiger partial charge in [-0.2, -0.15) is 18.3 Å². The van der Waals surface area contributed by atoms with Gasteiger partial charge in [-0.05, 0) is 43.5 Å². The highest BCUT2D eigenvalue weighted by Gasteiger charge is 2.39. The quantitative estimate of drug-likeness (QED) is 0.373. The SMILES string of the molecule is CCN1CN(c2cc(O[C@@H](C)C(F)(F)F)c3c(Oc4c(F)ccc(OC)c4Cl)nccc3c2)N=C1CO. The molecule has 1 aliphatic heterocycles. The molecule has 4 rings (SSSR count). The minimum atomic E-state index is -4.66. The van der Waals surface area contributed by atoms with E-state index in [-0.39, 0.29) is 41.1 Å². The van der Waals surface area contributed by atoms with Crippen molar-refractivity contribution in [2.75, 3.05) is 31.9 Å². The Morgan fingerprint density at radius 1 is 1.19 bits per heavy atom. The molecular weight excluding hydrogens is 520 g/mol. The number of nitrogens with zero attached hydrogens (tertiary/aromatic N) is 4. The van der Waals surface area contributed by atoms with Crippen molar-refractivity contribution in [1.82, 2.24) is 9.88 Å². The number of aliphatic hydroxyl groups excluding tert-OH is 1. The first-order chi connectivity index (χ1) is 17.6. The third-order valence-electron chi connectivity index (χ3n) is 5.70. The van der Waals surface area contributed by atoms with Crippen molar-refractivity contribution >= 4 is 33.9 Å². The first-order valence-corrected chi connectivity index (χ1v) is 11.5. The van der Waals surface area contributed by atoms with Crippen LogP contribution in [-0.4, -0.2) is 60.0 Å². The van der Waals surface area contributed by atoms with Crippen molar-refractivity contribution in [2.45, 2.75) is 26.1 Å². The summed E-state index contributed by atoms with van der Waals surface area (Å²) in [5.41, 5.74) is 0.404. The number of hydrogen-bond donors (Lipinski definition) is 1. The molecule has 8 nitrogen and oxygen atoms in total. The number of amidine groups is 1. The number of rotatable bonds is 8. The van der Waals surface area contributed by atoms with E-state index in [1.54, 1.807) is 17.0 Å². The molecule has 0 spiro atoms. The van der Waals surface area contributed by atoms with E-state index >= 15 is 0 Å². The summed E-state index contributed by atoms with van der Waals surface area (Å²) in [6, 6.07) is 6.95. The molecule has 13 heteroatoms. The molecule has 2 heterocycles. The van der Waals surface area contributed by atoms with Crippen LogP contribution in [0.25, 0.3) is 10.8 Å². The fraction of sp³-hybridized carbons (Fsp3) is 0.333. The normalized spacial score (nSPS) is 14.7. The number of methoxy groups -OCH3 is 1. The molecule has 0 aliphatic carbocycles. The zero-order valence-corrected chi connectivity index (χ0v) is 20.8. The second-order valence-electron chi connectivity index (χ2n) is 8.03. The number of fused-ring (bicyclic) bond motifs is 1. The summed E-state index contributed by atoms with van der Waals surface area (Å²) in [7, 11) is 1.34. The smallest absolute Gasteiger partial charge is 0.425 e. The number of aliphatic hydroxyl groups is 1. The molecule has 0 bridgehead atoms. The van der Waals surface area contributed by atoms with Crippen molar-refractivity contribution in [1.29, 1.82) is 0 Å². The van der Waals surface area contributed by atoms with Crippen molar-refractivity contribution in [3.63, 3.8) is 0 Å². The Bertz CT molecular complexity index is 1340. The van der Waals surface area contributed by atoms with E-state index < -0.39 is 23.8 Å². The van der Waals surface area contributed by atoms with E-state index in [1.165, 1.54) is 30.4 Å². The van der Waals surface area contributed by atoms with Gasteiger partial charge in [-0.1, -0.05) is 11.6 Å². The molecule has 1 atom stereocenters. The molecule has 0 saturated carbocycles. The second kappa shape index (κ2) is 10.5. The Labute approximate surface area is 214 Å². The van der Waals surface area contributed by atoms with Gasteiger partial charge in [-0.3, -0.25) is 0 Å². The highest BCUT2D eigenvalue weighted by atomic mass is 35.5. The number of benzene rings is 2. The summed E-state index contributed by atoms with van der Waals surface area (Å²) >= 11 is 6.22. The van der Waals surface area contributed by atoms with E-state index in [4.69, 9.17) is 25.8 Å². The fourth-order valence-electron chi connectivity index (χ4n) is 3.70. The largest absolute Gasteiger partial charge is 0.495 e. The van der Waals surface area contributed by atoms with Gasteiger partial charge in [0.1, 0.15) is 29.8 Å². The fourth-order valence-corrected chi connectivity index (χ4v) is 3.97. The van der Waals surface area contributed by atoms with Gasteiger partial charge in [0.05, 0.1) is 18.2 Å². The van der Waals surface area contributed by atoms with E-state index in [9.17, 15) is 22.7 Å². The summed E-state index contributed by atoms with van der Waals surface area (Å²) in [6.45, 7) is 3.27. The molecule has 0 unspecified atom stereocenters. The minimum Gasteiger partial charge on any atom is -0.495 e. The number of hydrazone groups is 1. The summed E-state index contributed by atoms with van der Waals surface area (Å²) in [4.78, 5) is 5.92. The molecule has 3 aromatic rings. The summed E-state index contributed by atoms with van der Waals surface area (Å²) < 4.78 is 71.1. The number of anilines is 1. The average Bonchev–Trinajstić information content (AvgIpc) is 3.29. The van der Waals surface area contributed by atoms with E-state index in [0.717, 1.165) is 13.0 Å². The summed E-state index contributed by atoms with van der Waals surface area (Å²) in [5, 5.41) is 15.8. The first-order valence-electron chi connectivity index (χ1n) is 11.1. The van der Waals surface area contributed by atoms with Gasteiger partial charge in [0.25, 0.3) is 0 Å². The first kappa shape index (κ1) is 26.6. The van der Waals surface area contributed by atoms with Crippen LogP contribution in [0.15, 0.2) is 41.6 Å². The van der Waals surface area contributed by atoms with Gasteiger partial charge in [0.15, 0.2) is 23.5 Å². The molecule has 2 aromatic carbocycles. The van der Waals surface area contributed by atoms with Crippen LogP contribution in [0.1, 0.15) is 13.8 Å². The molecule has 198 valence electrons. The third kappa shape index (κ3) is 5.30. The van der Waals surface area contributed by atoms with E-state index in [2.05, 4.69) is 10.1 Å². The number of halogens is 5. The zero-order chi connectivity index (χ0) is 26.9. The Kier molecular flexibility index (Phi) is 7.51. The lowest BCUT2D eigenvalue weighted by molar-refractivity contribution is -0.189. The molecule has 0 saturated heterocycles. The maximum absolute atomic E-state index is 14.6. The Morgan fingerprint density at radius 2 is 1.95 bits per heavy atom. The lowest BCUT2D eigenvalue weighted by atomic mass is 10.1. The van der Waals surface area contributed by atoms with Crippen LogP contribution < -0.4 is 19.2 Å². The maximum Gasteiger partial charge on any atom is 0.425 e. The zero-order valence-electron chi connectivity index (χ0n) is 20.0. The number of alkyl halides is 3. The monoisotopic (exact) mass is 542 g/mol. The second-order valence-corrected chi connectivity index (χ2v) is 8.40. The van der Waals surface area contributed by atoms with Gasteiger partial charge < -0.3 is 24.2 Å². The molecule has 1 aliphatic rings. The van der Waals surface area contributed by atoms with Crippen molar-refractivity contribution in [2.24, 2.45) is 5.10 Å². The molecule has 0 amide bonds. The van der Waals surface area contributed by atoms with Gasteiger partial charge in [0, 0.05) is 18.8 Å². The third-order valence-corrected chi connectivity index (χ3v) is 6.06. The molecular formula is C24H23ClF4N4O4. The summed E-state index contributed by atoms with van der Waals surface area (Å²) in [6.07, 6.45) is -5.49. The number of aromatic nitrogens is 1. The predicted octanol–water partition coefficient (Wildman–Crippen LogP) is 5.56. The number of pyridine rings is 1. The average molecular weight is 543 g/mol. The Morgan fingerprint density at radius 3 is 2.57 bits per heavy atom. The van der Waals surface area contributed by atoms with Crippen LogP contribution in [0.2, 0.25) is 5.02 Å². The maximum atomic E-state index is 14.6. The lowest BCUT2D eigenvalue weighted by Gasteiger charge is -2.23. The minimum absolute atomic E-state index is 0.0681. The Hall–Kier alpha value is -3.51. The van der Waals surface area contributed by atoms with Crippen molar-refractivity contribution in [3.05, 3.63) is 47.4 Å². The van der Waals surface area contributed by atoms with Crippen molar-refractivity contribution < 1.29 is 36.9 Å². The Balaban J connectivity index is 1.86. The van der Waals surface area contributed by atoms with E-state index in [0.29, 0.717) is 23.5 Å². The van der Waals surface area contributed by atoms with Crippen LogP contribution in [-0.2, 0) is 0 Å². The van der Waals surface area contributed by atoms with Crippen LogP contribution in [0.3, 0.4) is 0 Å². The number of likely N-dealkylation sites (N-methyl/N-ethyl adjacent to an activating group) is 1. The number of ether oxygens (including phenoxy) is 3. The standard InChI is InChI=1S/C24H23ClF4N4O4/c1-4-32-12-33(31-19(32)11-34)15-9-14-7-8-30-23(20(14)18(10-15)36-13(2)24(27,28)29)37-22-16(26)5-6-17(35-3)21(22)25/h5-10,13,34H,4,11-12H2,1-3H3/t13-/m0/s1. The van der Waals surface area contributed by atoms with E-state index in [1.807, 2.05) is 6.92 Å². The highest BCUT2D eigenvalue weighted by Crippen LogP contribution is 2.43. The molecule has 0 radical (unpaired) electrons. The van der Waals surface area contributed by atoms with Gasteiger partial charge in [-0.25, -0.2) is 14.4 Å². The van der Waals surface area contributed by atoms with Crippen molar-refractivity contribution in [3.8, 4) is 23.1 Å². The lowest BCUT2D eigenvalue weighted by Crippen LogP contribution is -2.32. The number of hydrogen-bond acceptors (Lipinski definition) is 8. The predicted molar refractivity (Wildman–Crippen MR) is 130 cm³/mol. The van der Waals surface area contributed by atoms with Crippen LogP contribution in [0.5, 0.6) is 23.1 Å². The molecule has 1 aromatic heterocycles.